The molecular weight excluding hydrogens is 314 g/mol. The van der Waals surface area contributed by atoms with Gasteiger partial charge in [0.15, 0.2) is 5.96 Å². The third kappa shape index (κ3) is 6.35. The fraction of sp³-hybridized carbons (Fsp3) is 0.462. The largest absolute Gasteiger partial charge is 0.355 e. The number of nitrogens with one attached hydrogen (secondary N) is 3. The van der Waals surface area contributed by atoms with Gasteiger partial charge in [-0.1, -0.05) is 6.07 Å². The van der Waals surface area contributed by atoms with Crippen molar-refractivity contribution in [2.75, 3.05) is 26.4 Å². The van der Waals surface area contributed by atoms with Crippen LogP contribution in [0.5, 0.6) is 0 Å². The van der Waals surface area contributed by atoms with Crippen LogP contribution in [0.2, 0.25) is 0 Å². The lowest BCUT2D eigenvalue weighted by atomic mass is 10.1. The van der Waals surface area contributed by atoms with Crippen LogP contribution in [0.1, 0.15) is 18.5 Å². The first-order chi connectivity index (χ1) is 10.2. The minimum Gasteiger partial charge on any atom is -0.355 e. The molecule has 0 aliphatic carbocycles. The van der Waals surface area contributed by atoms with Crippen molar-refractivity contribution in [1.82, 2.24) is 15.4 Å². The van der Waals surface area contributed by atoms with Crippen LogP contribution < -0.4 is 15.4 Å². The van der Waals surface area contributed by atoms with Gasteiger partial charge in [-0.15, -0.1) is 0 Å². The number of hydrogen-bond donors (Lipinski definition) is 3. The van der Waals surface area contributed by atoms with Crippen molar-refractivity contribution >= 4 is 16.0 Å². The molecule has 0 radical (unpaired) electrons. The molecule has 1 aromatic carbocycles. The lowest BCUT2D eigenvalue weighted by molar-refractivity contribution is 0.550. The first-order valence-electron chi connectivity index (χ1n) is 6.59. The second-order valence-corrected chi connectivity index (χ2v) is 6.53. The molecule has 22 heavy (non-hydrogen) atoms. The molecule has 1 unspecified atom stereocenters. The smallest absolute Gasteiger partial charge is 0.208 e. The number of benzene rings is 1. The number of halogens is 2. The quantitative estimate of drug-likeness (QED) is 0.407. The fourth-order valence-electron chi connectivity index (χ4n) is 1.75. The van der Waals surface area contributed by atoms with E-state index in [1.807, 2.05) is 0 Å². The van der Waals surface area contributed by atoms with E-state index in [9.17, 15) is 17.2 Å². The summed E-state index contributed by atoms with van der Waals surface area (Å²) in [6, 6.07) is 2.93. The van der Waals surface area contributed by atoms with Gasteiger partial charge in [0.25, 0.3) is 0 Å². The monoisotopic (exact) mass is 334 g/mol. The molecule has 1 rings (SSSR count). The Morgan fingerprint density at radius 2 is 2.00 bits per heavy atom. The third-order valence-electron chi connectivity index (χ3n) is 2.79. The van der Waals surface area contributed by atoms with Gasteiger partial charge in [-0.2, -0.15) is 0 Å². The Kier molecular flexibility index (Phi) is 6.69. The highest BCUT2D eigenvalue weighted by molar-refractivity contribution is 7.88. The second kappa shape index (κ2) is 8.04. The Hall–Kier alpha value is -1.74. The molecule has 124 valence electrons. The van der Waals surface area contributed by atoms with Gasteiger partial charge < -0.3 is 10.6 Å². The number of rotatable bonds is 6. The van der Waals surface area contributed by atoms with Gasteiger partial charge in [-0.3, -0.25) is 4.99 Å². The van der Waals surface area contributed by atoms with Crippen molar-refractivity contribution in [3.63, 3.8) is 0 Å². The fourth-order valence-corrected chi connectivity index (χ4v) is 2.22. The zero-order valence-electron chi connectivity index (χ0n) is 12.7. The van der Waals surface area contributed by atoms with E-state index < -0.39 is 27.7 Å². The summed E-state index contributed by atoms with van der Waals surface area (Å²) in [6.07, 6.45) is 1.07. The highest BCUT2D eigenvalue weighted by atomic mass is 32.2. The van der Waals surface area contributed by atoms with Crippen molar-refractivity contribution in [2.45, 2.75) is 13.0 Å². The summed E-state index contributed by atoms with van der Waals surface area (Å²) >= 11 is 0. The first-order valence-corrected chi connectivity index (χ1v) is 8.49. The summed E-state index contributed by atoms with van der Waals surface area (Å²) < 4.78 is 50.7. The number of nitrogens with zero attached hydrogens (tertiary/aromatic N) is 1. The molecule has 1 atom stereocenters. The molecule has 0 saturated carbocycles. The van der Waals surface area contributed by atoms with E-state index in [-0.39, 0.29) is 6.54 Å². The van der Waals surface area contributed by atoms with E-state index >= 15 is 0 Å². The summed E-state index contributed by atoms with van der Waals surface area (Å²) in [5.41, 5.74) is 0.304. The Balaban J connectivity index is 2.55. The molecule has 6 nitrogen and oxygen atoms in total. The second-order valence-electron chi connectivity index (χ2n) is 4.70. The summed E-state index contributed by atoms with van der Waals surface area (Å²) in [7, 11) is -1.71. The van der Waals surface area contributed by atoms with Crippen molar-refractivity contribution < 1.29 is 17.2 Å². The van der Waals surface area contributed by atoms with Crippen LogP contribution in [0.3, 0.4) is 0 Å². The number of sulfonamides is 1. The van der Waals surface area contributed by atoms with Gasteiger partial charge in [-0.25, -0.2) is 21.9 Å². The SMILES string of the molecule is CN=C(NCCNS(C)(=O)=O)NC(C)c1ccc(F)cc1F. The highest BCUT2D eigenvalue weighted by Gasteiger charge is 2.13. The topological polar surface area (TPSA) is 82.6 Å². The van der Waals surface area contributed by atoms with Crippen LogP contribution >= 0.6 is 0 Å². The predicted molar refractivity (Wildman–Crippen MR) is 82.1 cm³/mol. The summed E-state index contributed by atoms with van der Waals surface area (Å²) in [4.78, 5) is 3.96. The molecule has 0 heterocycles. The molecule has 0 bridgehead atoms. The molecule has 9 heteroatoms. The maximum atomic E-state index is 13.7. The molecule has 0 amide bonds. The zero-order valence-corrected chi connectivity index (χ0v) is 13.5. The van der Waals surface area contributed by atoms with E-state index in [0.29, 0.717) is 18.1 Å². The molecule has 3 N–H and O–H groups in total. The molecule has 0 aliphatic heterocycles. The highest BCUT2D eigenvalue weighted by Crippen LogP contribution is 2.17. The van der Waals surface area contributed by atoms with Crippen molar-refractivity contribution in [3.8, 4) is 0 Å². The van der Waals surface area contributed by atoms with E-state index in [4.69, 9.17) is 0 Å². The molecule has 0 aliphatic rings. The molecule has 0 aromatic heterocycles. The molecule has 1 aromatic rings. The Morgan fingerprint density at radius 3 is 2.55 bits per heavy atom. The minimum atomic E-state index is -3.24. The molecule has 0 fully saturated rings. The zero-order chi connectivity index (χ0) is 16.8. The van der Waals surface area contributed by atoms with Gasteiger partial charge in [0.1, 0.15) is 11.6 Å². The van der Waals surface area contributed by atoms with E-state index in [2.05, 4.69) is 20.3 Å². The van der Waals surface area contributed by atoms with Crippen molar-refractivity contribution in [2.24, 2.45) is 4.99 Å². The van der Waals surface area contributed by atoms with Gasteiger partial charge >= 0.3 is 0 Å². The van der Waals surface area contributed by atoms with Crippen LogP contribution in [0.25, 0.3) is 0 Å². The van der Waals surface area contributed by atoms with Gasteiger partial charge in [-0.05, 0) is 13.0 Å². The Bertz CT molecular complexity index is 635. The van der Waals surface area contributed by atoms with Gasteiger partial charge in [0.2, 0.25) is 10.0 Å². The molecule has 0 spiro atoms. The number of hydrogen-bond acceptors (Lipinski definition) is 3. The maximum Gasteiger partial charge on any atom is 0.208 e. The van der Waals surface area contributed by atoms with E-state index in [1.54, 1.807) is 6.92 Å². The lowest BCUT2D eigenvalue weighted by Gasteiger charge is -2.18. The van der Waals surface area contributed by atoms with Gasteiger partial charge in [0, 0.05) is 31.8 Å². The average Bonchev–Trinajstić information content (AvgIpc) is 2.40. The third-order valence-corrected chi connectivity index (χ3v) is 3.52. The summed E-state index contributed by atoms with van der Waals surface area (Å²) in [6.45, 7) is 2.21. The van der Waals surface area contributed by atoms with Crippen LogP contribution in [0.15, 0.2) is 23.2 Å². The van der Waals surface area contributed by atoms with Crippen LogP contribution in [-0.2, 0) is 10.0 Å². The maximum absolute atomic E-state index is 13.7. The van der Waals surface area contributed by atoms with Crippen LogP contribution in [0.4, 0.5) is 8.78 Å². The van der Waals surface area contributed by atoms with E-state index in [1.165, 1.54) is 19.2 Å². The predicted octanol–water partition coefficient (Wildman–Crippen LogP) is 0.740. The van der Waals surface area contributed by atoms with Crippen molar-refractivity contribution in [3.05, 3.63) is 35.4 Å². The Labute approximate surface area is 129 Å². The first kappa shape index (κ1) is 18.3. The lowest BCUT2D eigenvalue weighted by Crippen LogP contribution is -2.42. The summed E-state index contributed by atoms with van der Waals surface area (Å²) in [5, 5.41) is 5.83. The van der Waals surface area contributed by atoms with Crippen LogP contribution in [0, 0.1) is 11.6 Å². The van der Waals surface area contributed by atoms with E-state index in [0.717, 1.165) is 12.3 Å². The normalized spacial score (nSPS) is 13.8. The standard InChI is InChI=1S/C13H20F2N4O2S/c1-9(11-5-4-10(14)8-12(11)15)19-13(16-2)17-6-7-18-22(3,20)21/h4-5,8-9,18H,6-7H2,1-3H3,(H2,16,17,19). The van der Waals surface area contributed by atoms with Gasteiger partial charge in [0.05, 0.1) is 12.3 Å². The molecular formula is C13H20F2N4O2S. The number of aliphatic imine (C=N–C) groups is 1. The minimum absolute atomic E-state index is 0.193. The Morgan fingerprint density at radius 1 is 1.32 bits per heavy atom. The average molecular weight is 334 g/mol. The van der Waals surface area contributed by atoms with Crippen LogP contribution in [-0.4, -0.2) is 40.8 Å². The summed E-state index contributed by atoms with van der Waals surface area (Å²) in [5.74, 6) is -0.900. The van der Waals surface area contributed by atoms with Crippen molar-refractivity contribution in [1.29, 1.82) is 0 Å². The number of guanidine groups is 1. The molecule has 0 saturated heterocycles.